The van der Waals surface area contributed by atoms with Crippen LogP contribution in [0.5, 0.6) is 5.75 Å². The lowest BCUT2D eigenvalue weighted by atomic mass is 9.93. The number of nitrogens with zero attached hydrogens (tertiary/aromatic N) is 4. The zero-order valence-electron chi connectivity index (χ0n) is 21.6. The number of hydrogen-bond acceptors (Lipinski definition) is 4. The van der Waals surface area contributed by atoms with Crippen LogP contribution in [0.2, 0.25) is 0 Å². The smallest absolute Gasteiger partial charge is 0.149 e. The molecule has 186 valence electrons. The van der Waals surface area contributed by atoms with E-state index in [0.717, 1.165) is 44.7 Å². The molecule has 0 aliphatic heterocycles. The number of rotatable bonds is 5. The fourth-order valence-electron chi connectivity index (χ4n) is 4.88. The first kappa shape index (κ1) is 23.6. The second-order valence-electron chi connectivity index (χ2n) is 9.90. The second-order valence-corrected chi connectivity index (χ2v) is 9.90. The first-order valence-corrected chi connectivity index (χ1v) is 12.8. The molecule has 0 radical (unpaired) electrons. The maximum Gasteiger partial charge on any atom is 0.149 e. The number of aromatic hydroxyl groups is 1. The summed E-state index contributed by atoms with van der Waals surface area (Å²) in [5, 5.41) is 10.9. The molecule has 0 spiro atoms. The third-order valence-electron chi connectivity index (χ3n) is 6.87. The van der Waals surface area contributed by atoms with E-state index in [1.54, 1.807) is 6.07 Å². The van der Waals surface area contributed by atoms with Crippen LogP contribution in [0.4, 0.5) is 0 Å². The molecule has 3 aromatic carbocycles. The average molecular weight is 497 g/mol. The Morgan fingerprint density at radius 2 is 1.58 bits per heavy atom. The van der Waals surface area contributed by atoms with E-state index in [-0.39, 0.29) is 5.75 Å². The van der Waals surface area contributed by atoms with Gasteiger partial charge in [0.1, 0.15) is 17.1 Å². The highest BCUT2D eigenvalue weighted by atomic mass is 16.3. The molecule has 0 fully saturated rings. The molecule has 3 heterocycles. The molecule has 38 heavy (non-hydrogen) atoms. The van der Waals surface area contributed by atoms with Gasteiger partial charge in [0.25, 0.3) is 0 Å². The van der Waals surface area contributed by atoms with E-state index < -0.39 is 0 Å². The van der Waals surface area contributed by atoms with Crippen molar-refractivity contribution in [2.45, 2.75) is 26.7 Å². The summed E-state index contributed by atoms with van der Waals surface area (Å²) in [5.41, 5.74) is 9.56. The van der Waals surface area contributed by atoms with Gasteiger partial charge in [0, 0.05) is 29.2 Å². The number of benzene rings is 3. The second kappa shape index (κ2) is 9.60. The van der Waals surface area contributed by atoms with Gasteiger partial charge >= 0.3 is 0 Å². The Labute approximate surface area is 222 Å². The highest BCUT2D eigenvalue weighted by Gasteiger charge is 2.21. The summed E-state index contributed by atoms with van der Waals surface area (Å²) in [4.78, 5) is 14.4. The lowest BCUT2D eigenvalue weighted by Crippen LogP contribution is -1.98. The molecule has 5 nitrogen and oxygen atoms in total. The molecule has 0 unspecified atom stereocenters. The number of fused-ring (bicyclic) bond motifs is 1. The lowest BCUT2D eigenvalue weighted by molar-refractivity contribution is 0.476. The molecule has 6 aromatic rings. The fourth-order valence-corrected chi connectivity index (χ4v) is 4.88. The maximum atomic E-state index is 10.9. The van der Waals surface area contributed by atoms with Crippen molar-refractivity contribution in [3.8, 4) is 45.2 Å². The van der Waals surface area contributed by atoms with Crippen LogP contribution in [0.25, 0.3) is 50.5 Å². The van der Waals surface area contributed by atoms with E-state index in [1.807, 2.05) is 86.2 Å². The van der Waals surface area contributed by atoms with Crippen molar-refractivity contribution in [2.75, 3.05) is 0 Å². The van der Waals surface area contributed by atoms with Crippen molar-refractivity contribution in [1.82, 2.24) is 19.5 Å². The molecule has 0 aliphatic rings. The number of phenolic OH excluding ortho intramolecular Hbond substituents is 1. The van der Waals surface area contributed by atoms with Gasteiger partial charge in [-0.1, -0.05) is 55.8 Å². The van der Waals surface area contributed by atoms with Crippen molar-refractivity contribution in [1.29, 1.82) is 0 Å². The monoisotopic (exact) mass is 496 g/mol. The highest BCUT2D eigenvalue weighted by molar-refractivity contribution is 5.95. The van der Waals surface area contributed by atoms with Crippen LogP contribution in [0.3, 0.4) is 0 Å². The summed E-state index contributed by atoms with van der Waals surface area (Å²) >= 11 is 0. The van der Waals surface area contributed by atoms with Crippen LogP contribution in [-0.4, -0.2) is 24.6 Å². The van der Waals surface area contributed by atoms with Crippen LogP contribution >= 0.6 is 0 Å². The molecule has 3 aromatic heterocycles. The summed E-state index contributed by atoms with van der Waals surface area (Å²) in [5.74, 6) is 1.20. The van der Waals surface area contributed by atoms with Crippen molar-refractivity contribution >= 4 is 11.0 Å². The Hall–Kier alpha value is -4.77. The number of aryl methyl sites for hydroxylation is 1. The first-order chi connectivity index (χ1) is 18.5. The van der Waals surface area contributed by atoms with Crippen LogP contribution in [-0.2, 0) is 0 Å². The molecule has 5 heteroatoms. The summed E-state index contributed by atoms with van der Waals surface area (Å²) in [6, 6.07) is 28.3. The largest absolute Gasteiger partial charge is 0.507 e. The van der Waals surface area contributed by atoms with Gasteiger partial charge in [-0.25, -0.2) is 4.98 Å². The molecule has 0 aliphatic carbocycles. The van der Waals surface area contributed by atoms with E-state index in [4.69, 9.17) is 4.98 Å². The number of imidazole rings is 1. The Bertz CT molecular complexity index is 1760. The van der Waals surface area contributed by atoms with Gasteiger partial charge in [-0.3, -0.25) is 14.5 Å². The van der Waals surface area contributed by atoms with Gasteiger partial charge in [-0.05, 0) is 72.5 Å². The molecular weight excluding hydrogens is 468 g/mol. The quantitative estimate of drug-likeness (QED) is 0.263. The standard InChI is InChI=1S/C33H28N4O/c1-21(2)23-16-24(18-25(17-23)29-11-7-8-14-35-29)28-19-34-20-30-32(28)36-33(27-15-22(3)12-13-31(27)38)37(30)26-9-5-4-6-10-26/h4-21,38H,1-3H3. The molecular formula is C33H28N4O. The lowest BCUT2D eigenvalue weighted by Gasteiger charge is -2.13. The zero-order valence-corrected chi connectivity index (χ0v) is 21.6. The van der Waals surface area contributed by atoms with Gasteiger partial charge in [0.15, 0.2) is 0 Å². The van der Waals surface area contributed by atoms with Gasteiger partial charge in [-0.2, -0.15) is 0 Å². The molecule has 0 bridgehead atoms. The van der Waals surface area contributed by atoms with E-state index in [0.29, 0.717) is 17.3 Å². The first-order valence-electron chi connectivity index (χ1n) is 12.8. The topological polar surface area (TPSA) is 63.8 Å². The molecule has 0 amide bonds. The molecule has 1 N–H and O–H groups in total. The Balaban J connectivity index is 1.65. The van der Waals surface area contributed by atoms with Crippen molar-refractivity contribution in [3.63, 3.8) is 0 Å². The summed E-state index contributed by atoms with van der Waals surface area (Å²) in [6.45, 7) is 6.41. The van der Waals surface area contributed by atoms with Gasteiger partial charge < -0.3 is 5.11 Å². The minimum Gasteiger partial charge on any atom is -0.507 e. The van der Waals surface area contributed by atoms with Crippen LogP contribution < -0.4 is 0 Å². The van der Waals surface area contributed by atoms with Crippen molar-refractivity contribution in [2.24, 2.45) is 0 Å². The van der Waals surface area contributed by atoms with Crippen molar-refractivity contribution in [3.05, 3.63) is 115 Å². The van der Waals surface area contributed by atoms with Crippen LogP contribution in [0.15, 0.2) is 104 Å². The summed E-state index contributed by atoms with van der Waals surface area (Å²) in [6.07, 6.45) is 5.55. The normalized spacial score (nSPS) is 11.4. The highest BCUT2D eigenvalue weighted by Crippen LogP contribution is 2.38. The summed E-state index contributed by atoms with van der Waals surface area (Å²) < 4.78 is 2.08. The number of pyridine rings is 2. The molecule has 0 saturated carbocycles. The number of phenols is 1. The predicted molar refractivity (Wildman–Crippen MR) is 153 cm³/mol. The Morgan fingerprint density at radius 3 is 2.34 bits per heavy atom. The number of aromatic nitrogens is 4. The van der Waals surface area contributed by atoms with Crippen LogP contribution in [0.1, 0.15) is 30.9 Å². The van der Waals surface area contributed by atoms with E-state index in [2.05, 4.69) is 46.6 Å². The van der Waals surface area contributed by atoms with E-state index in [9.17, 15) is 5.11 Å². The van der Waals surface area contributed by atoms with Gasteiger partial charge in [0.05, 0.1) is 23.0 Å². The van der Waals surface area contributed by atoms with Crippen molar-refractivity contribution < 1.29 is 5.11 Å². The van der Waals surface area contributed by atoms with Gasteiger partial charge in [0.2, 0.25) is 0 Å². The Morgan fingerprint density at radius 1 is 0.789 bits per heavy atom. The predicted octanol–water partition coefficient (Wildman–Crippen LogP) is 7.95. The molecule has 0 atom stereocenters. The zero-order chi connectivity index (χ0) is 26.2. The summed E-state index contributed by atoms with van der Waals surface area (Å²) in [7, 11) is 0. The molecule has 0 saturated heterocycles. The molecule has 6 rings (SSSR count). The van der Waals surface area contributed by atoms with Crippen LogP contribution in [0, 0.1) is 6.92 Å². The van der Waals surface area contributed by atoms with Gasteiger partial charge in [-0.15, -0.1) is 0 Å². The average Bonchev–Trinajstić information content (AvgIpc) is 3.34. The minimum absolute atomic E-state index is 0.192. The fraction of sp³-hybridized carbons (Fsp3) is 0.121. The maximum absolute atomic E-state index is 10.9. The third-order valence-corrected chi connectivity index (χ3v) is 6.87. The van der Waals surface area contributed by atoms with E-state index in [1.165, 1.54) is 5.56 Å². The SMILES string of the molecule is Cc1ccc(O)c(-c2nc3c(-c4cc(-c5ccccn5)cc(C(C)C)c4)cncc3n2-c2ccccc2)c1. The Kier molecular flexibility index (Phi) is 5.97. The van der Waals surface area contributed by atoms with E-state index >= 15 is 0 Å². The third kappa shape index (κ3) is 4.22. The minimum atomic E-state index is 0.192. The number of para-hydroxylation sites is 1. The number of hydrogen-bond donors (Lipinski definition) is 1.